The summed E-state index contributed by atoms with van der Waals surface area (Å²) in [5.74, 6) is 0.191. The van der Waals surface area contributed by atoms with Crippen LogP contribution in [0, 0.1) is 5.82 Å². The fraction of sp³-hybridized carbons (Fsp3) is 0.571. The molecule has 1 fully saturated rings. The van der Waals surface area contributed by atoms with Crippen molar-refractivity contribution in [2.24, 2.45) is 0 Å². The van der Waals surface area contributed by atoms with Gasteiger partial charge >= 0.3 is 0 Å². The number of hydrogen-bond acceptors (Lipinski definition) is 4. The predicted octanol–water partition coefficient (Wildman–Crippen LogP) is 2.42. The van der Waals surface area contributed by atoms with Crippen LogP contribution >= 0.6 is 0 Å². The van der Waals surface area contributed by atoms with Gasteiger partial charge in [0.1, 0.15) is 11.6 Å². The normalized spacial score (nSPS) is 23.5. The third-order valence-electron chi connectivity index (χ3n) is 3.55. The zero-order valence-corrected chi connectivity index (χ0v) is 11.6. The smallest absolute Gasteiger partial charge is 0.148 e. The Morgan fingerprint density at radius 3 is 2.89 bits per heavy atom. The lowest BCUT2D eigenvalue weighted by Gasteiger charge is -2.40. The van der Waals surface area contributed by atoms with E-state index >= 15 is 0 Å². The fourth-order valence-electron chi connectivity index (χ4n) is 2.43. The molecule has 0 spiro atoms. The van der Waals surface area contributed by atoms with Crippen molar-refractivity contribution in [3.05, 3.63) is 17.9 Å². The summed E-state index contributed by atoms with van der Waals surface area (Å²) in [5, 5.41) is 0. The quantitative estimate of drug-likeness (QED) is 0.855. The first kappa shape index (κ1) is 13.9. The Hall–Kier alpha value is -1.49. The van der Waals surface area contributed by atoms with Crippen LogP contribution < -0.4 is 15.4 Å². The first-order valence-electron chi connectivity index (χ1n) is 6.58. The number of morpholine rings is 1. The number of nitrogens with zero attached hydrogens (tertiary/aromatic N) is 1. The number of anilines is 2. The summed E-state index contributed by atoms with van der Waals surface area (Å²) in [7, 11) is 1.53. The molecule has 0 saturated carbocycles. The highest BCUT2D eigenvalue weighted by molar-refractivity contribution is 5.63. The van der Waals surface area contributed by atoms with Crippen LogP contribution in [0.1, 0.15) is 20.3 Å². The summed E-state index contributed by atoms with van der Waals surface area (Å²) in [5.41, 5.74) is 6.57. The van der Waals surface area contributed by atoms with Gasteiger partial charge in [-0.1, -0.05) is 6.92 Å². The molecule has 2 atom stereocenters. The van der Waals surface area contributed by atoms with Crippen LogP contribution in [0.25, 0.3) is 0 Å². The van der Waals surface area contributed by atoms with Crippen molar-refractivity contribution < 1.29 is 13.9 Å². The molecule has 4 nitrogen and oxygen atoms in total. The highest BCUT2D eigenvalue weighted by atomic mass is 19.1. The van der Waals surface area contributed by atoms with Gasteiger partial charge in [0.2, 0.25) is 0 Å². The fourth-order valence-corrected chi connectivity index (χ4v) is 2.43. The monoisotopic (exact) mass is 268 g/mol. The van der Waals surface area contributed by atoms with Gasteiger partial charge in [0.25, 0.3) is 0 Å². The molecule has 1 aliphatic heterocycles. The summed E-state index contributed by atoms with van der Waals surface area (Å²) >= 11 is 0. The maximum absolute atomic E-state index is 14.2. The minimum absolute atomic E-state index is 0.0887. The van der Waals surface area contributed by atoms with Gasteiger partial charge in [-0.15, -0.1) is 0 Å². The van der Waals surface area contributed by atoms with Gasteiger partial charge in [0.05, 0.1) is 37.2 Å². The molecule has 2 N–H and O–H groups in total. The van der Waals surface area contributed by atoms with E-state index in [1.54, 1.807) is 6.07 Å². The molecule has 0 amide bonds. The van der Waals surface area contributed by atoms with Crippen molar-refractivity contribution in [3.8, 4) is 5.75 Å². The number of benzene rings is 1. The average Bonchev–Trinajstić information content (AvgIpc) is 2.39. The van der Waals surface area contributed by atoms with Crippen molar-refractivity contribution in [1.29, 1.82) is 0 Å². The van der Waals surface area contributed by atoms with E-state index in [0.29, 0.717) is 30.3 Å². The van der Waals surface area contributed by atoms with E-state index in [1.807, 2.05) is 11.8 Å². The Morgan fingerprint density at radius 1 is 1.53 bits per heavy atom. The second-order valence-electron chi connectivity index (χ2n) is 4.90. The summed E-state index contributed by atoms with van der Waals surface area (Å²) < 4.78 is 25.0. The first-order chi connectivity index (χ1) is 9.06. The van der Waals surface area contributed by atoms with Gasteiger partial charge in [-0.05, 0) is 13.3 Å². The zero-order chi connectivity index (χ0) is 14.0. The number of nitrogen functional groups attached to an aromatic ring is 1. The third kappa shape index (κ3) is 2.76. The minimum Gasteiger partial charge on any atom is -0.495 e. The molecule has 2 unspecified atom stereocenters. The Balaban J connectivity index is 2.37. The highest BCUT2D eigenvalue weighted by Gasteiger charge is 2.28. The lowest BCUT2D eigenvalue weighted by atomic mass is 10.1. The van der Waals surface area contributed by atoms with Crippen LogP contribution in [0.2, 0.25) is 0 Å². The molecule has 1 aromatic rings. The van der Waals surface area contributed by atoms with Crippen LogP contribution in [-0.4, -0.2) is 32.4 Å². The van der Waals surface area contributed by atoms with E-state index in [0.717, 1.165) is 6.42 Å². The van der Waals surface area contributed by atoms with Crippen LogP contribution in [0.4, 0.5) is 15.8 Å². The van der Waals surface area contributed by atoms with Crippen molar-refractivity contribution in [2.45, 2.75) is 32.4 Å². The Kier molecular flexibility index (Phi) is 4.14. The molecule has 1 heterocycles. The number of methoxy groups -OCH3 is 1. The van der Waals surface area contributed by atoms with Crippen LogP contribution in [0.3, 0.4) is 0 Å². The summed E-state index contributed by atoms with van der Waals surface area (Å²) in [6, 6.07) is 3.17. The largest absolute Gasteiger partial charge is 0.495 e. The molecule has 1 saturated heterocycles. The Bertz CT molecular complexity index is 453. The maximum atomic E-state index is 14.2. The molecule has 0 radical (unpaired) electrons. The molecule has 5 heteroatoms. The predicted molar refractivity (Wildman–Crippen MR) is 74.2 cm³/mol. The van der Waals surface area contributed by atoms with E-state index < -0.39 is 0 Å². The first-order valence-corrected chi connectivity index (χ1v) is 6.58. The molecule has 0 aromatic heterocycles. The van der Waals surface area contributed by atoms with Crippen molar-refractivity contribution in [2.75, 3.05) is 30.9 Å². The number of halogens is 1. The topological polar surface area (TPSA) is 47.7 Å². The van der Waals surface area contributed by atoms with Crippen LogP contribution in [0.15, 0.2) is 12.1 Å². The van der Waals surface area contributed by atoms with E-state index in [-0.39, 0.29) is 18.0 Å². The Morgan fingerprint density at radius 2 is 2.26 bits per heavy atom. The summed E-state index contributed by atoms with van der Waals surface area (Å²) in [4.78, 5) is 2.05. The molecule has 0 aliphatic carbocycles. The van der Waals surface area contributed by atoms with E-state index in [9.17, 15) is 4.39 Å². The molecule has 0 bridgehead atoms. The maximum Gasteiger partial charge on any atom is 0.148 e. The molecule has 1 aromatic carbocycles. The molecule has 19 heavy (non-hydrogen) atoms. The van der Waals surface area contributed by atoms with Crippen LogP contribution in [0.5, 0.6) is 5.75 Å². The van der Waals surface area contributed by atoms with Gasteiger partial charge in [-0.2, -0.15) is 0 Å². The molecular formula is C14H21FN2O2. The van der Waals surface area contributed by atoms with Gasteiger partial charge in [0, 0.05) is 18.7 Å². The number of ether oxygens (including phenoxy) is 2. The lowest BCUT2D eigenvalue weighted by Crippen LogP contribution is -2.49. The van der Waals surface area contributed by atoms with E-state index in [1.165, 1.54) is 13.2 Å². The van der Waals surface area contributed by atoms with Gasteiger partial charge in [0.15, 0.2) is 0 Å². The highest BCUT2D eigenvalue weighted by Crippen LogP contribution is 2.33. The van der Waals surface area contributed by atoms with E-state index in [4.69, 9.17) is 15.2 Å². The molecule has 1 aliphatic rings. The minimum atomic E-state index is -0.314. The zero-order valence-electron chi connectivity index (χ0n) is 11.6. The summed E-state index contributed by atoms with van der Waals surface area (Å²) in [6.07, 6.45) is 0.990. The number of nitrogens with two attached hydrogens (primary N) is 1. The van der Waals surface area contributed by atoms with E-state index in [2.05, 4.69) is 6.92 Å². The van der Waals surface area contributed by atoms with Crippen LogP contribution in [-0.2, 0) is 4.74 Å². The van der Waals surface area contributed by atoms with Crippen molar-refractivity contribution in [1.82, 2.24) is 0 Å². The Labute approximate surface area is 113 Å². The van der Waals surface area contributed by atoms with Gasteiger partial charge in [-0.3, -0.25) is 0 Å². The second-order valence-corrected chi connectivity index (χ2v) is 4.90. The third-order valence-corrected chi connectivity index (χ3v) is 3.55. The standard InChI is InChI=1S/C14H21FN2O2/c1-4-10-8-19-9(2)7-17(10)13-6-14(18-3)12(16)5-11(13)15/h5-6,9-10H,4,7-8,16H2,1-3H3. The molecular weight excluding hydrogens is 247 g/mol. The lowest BCUT2D eigenvalue weighted by molar-refractivity contribution is 0.0297. The van der Waals surface area contributed by atoms with Crippen molar-refractivity contribution >= 4 is 11.4 Å². The molecule has 106 valence electrons. The average molecular weight is 268 g/mol. The van der Waals surface area contributed by atoms with Crippen molar-refractivity contribution in [3.63, 3.8) is 0 Å². The van der Waals surface area contributed by atoms with Gasteiger partial charge in [-0.25, -0.2) is 4.39 Å². The van der Waals surface area contributed by atoms with Gasteiger partial charge < -0.3 is 20.1 Å². The SMILES string of the molecule is CCC1COC(C)CN1c1cc(OC)c(N)cc1F. The second kappa shape index (κ2) is 5.65. The summed E-state index contributed by atoms with van der Waals surface area (Å²) in [6.45, 7) is 5.35. The number of hydrogen-bond donors (Lipinski definition) is 1. The number of rotatable bonds is 3. The molecule has 2 rings (SSSR count).